The van der Waals surface area contributed by atoms with Crippen LogP contribution in [0, 0.1) is 11.8 Å². The molecule has 0 radical (unpaired) electrons. The molecule has 0 saturated carbocycles. The van der Waals surface area contributed by atoms with Gasteiger partial charge in [0.25, 0.3) is 0 Å². The molecule has 0 spiro atoms. The van der Waals surface area contributed by atoms with E-state index < -0.39 is 0 Å². The summed E-state index contributed by atoms with van der Waals surface area (Å²) in [6, 6.07) is 0. The van der Waals surface area contributed by atoms with Gasteiger partial charge in [-0.25, -0.2) is 0 Å². The van der Waals surface area contributed by atoms with Crippen LogP contribution in [-0.4, -0.2) is 64.0 Å². The van der Waals surface area contributed by atoms with E-state index in [1.54, 1.807) is 7.11 Å². The lowest BCUT2D eigenvalue weighted by Gasteiger charge is -2.24. The maximum atomic E-state index is 5.48. The second-order valence-corrected chi connectivity index (χ2v) is 5.91. The standard InChI is InChI=1S/C17H35N3O2/c1-5-15(6-2)16-8-10-20(14-16)17(18-7-3)19-9-11-22-13-12-21-4/h15-16H,5-14H2,1-4H3,(H,18,19). The zero-order valence-corrected chi connectivity index (χ0v) is 14.9. The fourth-order valence-electron chi connectivity index (χ4n) is 3.21. The highest BCUT2D eigenvalue weighted by molar-refractivity contribution is 5.80. The van der Waals surface area contributed by atoms with Gasteiger partial charge in [0.1, 0.15) is 0 Å². The van der Waals surface area contributed by atoms with Crippen LogP contribution in [0.3, 0.4) is 0 Å². The molecule has 1 rings (SSSR count). The molecule has 0 aliphatic carbocycles. The third kappa shape index (κ3) is 6.53. The Bertz CT molecular complexity index is 306. The zero-order chi connectivity index (χ0) is 16.2. The first-order chi connectivity index (χ1) is 10.8. The topological polar surface area (TPSA) is 46.1 Å². The van der Waals surface area contributed by atoms with Crippen LogP contribution < -0.4 is 5.32 Å². The number of ether oxygens (including phenoxy) is 2. The first kappa shape index (κ1) is 19.2. The normalized spacial score (nSPS) is 19.2. The predicted molar refractivity (Wildman–Crippen MR) is 92.4 cm³/mol. The van der Waals surface area contributed by atoms with Gasteiger partial charge < -0.3 is 19.7 Å². The fourth-order valence-corrected chi connectivity index (χ4v) is 3.21. The summed E-state index contributed by atoms with van der Waals surface area (Å²) in [6.07, 6.45) is 3.87. The number of nitrogens with one attached hydrogen (secondary N) is 1. The first-order valence-electron chi connectivity index (χ1n) is 8.86. The average Bonchev–Trinajstić information content (AvgIpc) is 3.00. The van der Waals surface area contributed by atoms with Crippen molar-refractivity contribution in [2.75, 3.05) is 53.1 Å². The van der Waals surface area contributed by atoms with Crippen molar-refractivity contribution >= 4 is 5.96 Å². The Kier molecular flexibility index (Phi) is 10.2. The quantitative estimate of drug-likeness (QED) is 0.382. The fraction of sp³-hybridized carbons (Fsp3) is 0.941. The number of rotatable bonds is 10. The maximum absolute atomic E-state index is 5.48. The van der Waals surface area contributed by atoms with E-state index in [2.05, 4.69) is 31.0 Å². The Labute approximate surface area is 136 Å². The summed E-state index contributed by atoms with van der Waals surface area (Å²) in [5.41, 5.74) is 0. The van der Waals surface area contributed by atoms with Gasteiger partial charge in [-0.15, -0.1) is 0 Å². The third-order valence-corrected chi connectivity index (χ3v) is 4.50. The van der Waals surface area contributed by atoms with Crippen molar-refractivity contribution < 1.29 is 9.47 Å². The van der Waals surface area contributed by atoms with Gasteiger partial charge >= 0.3 is 0 Å². The molecule has 5 nitrogen and oxygen atoms in total. The van der Waals surface area contributed by atoms with E-state index in [9.17, 15) is 0 Å². The molecular formula is C17H35N3O2. The molecule has 0 aromatic heterocycles. The van der Waals surface area contributed by atoms with E-state index in [0.717, 1.165) is 37.4 Å². The molecule has 1 aliphatic rings. The minimum Gasteiger partial charge on any atom is -0.382 e. The van der Waals surface area contributed by atoms with Gasteiger partial charge in [-0.2, -0.15) is 0 Å². The Morgan fingerprint density at radius 1 is 1.23 bits per heavy atom. The SMILES string of the molecule is CCNC(=NCCOCCOC)N1CCC(C(CC)CC)C1. The monoisotopic (exact) mass is 313 g/mol. The first-order valence-corrected chi connectivity index (χ1v) is 8.86. The van der Waals surface area contributed by atoms with Crippen LogP contribution in [0.15, 0.2) is 4.99 Å². The lowest BCUT2D eigenvalue weighted by atomic mass is 9.87. The van der Waals surface area contributed by atoms with E-state index in [1.807, 2.05) is 0 Å². The summed E-state index contributed by atoms with van der Waals surface area (Å²) in [7, 11) is 1.69. The summed E-state index contributed by atoms with van der Waals surface area (Å²) in [6.45, 7) is 12.6. The molecule has 1 saturated heterocycles. The van der Waals surface area contributed by atoms with Crippen molar-refractivity contribution in [1.82, 2.24) is 10.2 Å². The van der Waals surface area contributed by atoms with Crippen LogP contribution in [-0.2, 0) is 9.47 Å². The van der Waals surface area contributed by atoms with Crippen LogP contribution in [0.25, 0.3) is 0 Å². The number of methoxy groups -OCH3 is 1. The van der Waals surface area contributed by atoms with Crippen LogP contribution in [0.5, 0.6) is 0 Å². The zero-order valence-electron chi connectivity index (χ0n) is 14.9. The summed E-state index contributed by atoms with van der Waals surface area (Å²) in [5, 5.41) is 3.42. The molecule has 130 valence electrons. The number of hydrogen-bond donors (Lipinski definition) is 1. The average molecular weight is 313 g/mol. The summed E-state index contributed by atoms with van der Waals surface area (Å²) in [4.78, 5) is 7.12. The Morgan fingerprint density at radius 3 is 2.64 bits per heavy atom. The molecule has 1 fully saturated rings. The van der Waals surface area contributed by atoms with Crippen LogP contribution in [0.1, 0.15) is 40.0 Å². The van der Waals surface area contributed by atoms with Gasteiger partial charge in [0, 0.05) is 26.7 Å². The van der Waals surface area contributed by atoms with Gasteiger partial charge in [0.2, 0.25) is 0 Å². The van der Waals surface area contributed by atoms with Gasteiger partial charge in [0.15, 0.2) is 5.96 Å². The Morgan fingerprint density at radius 2 is 2.00 bits per heavy atom. The van der Waals surface area contributed by atoms with Gasteiger partial charge in [-0.1, -0.05) is 26.7 Å². The number of hydrogen-bond acceptors (Lipinski definition) is 3. The molecule has 0 aromatic carbocycles. The van der Waals surface area contributed by atoms with Crippen LogP contribution in [0.2, 0.25) is 0 Å². The van der Waals surface area contributed by atoms with Crippen LogP contribution >= 0.6 is 0 Å². The summed E-state index contributed by atoms with van der Waals surface area (Å²) in [5.74, 6) is 2.72. The van der Waals surface area contributed by atoms with E-state index in [0.29, 0.717) is 26.4 Å². The van der Waals surface area contributed by atoms with Gasteiger partial charge in [-0.05, 0) is 25.2 Å². The van der Waals surface area contributed by atoms with Crippen molar-refractivity contribution in [2.45, 2.75) is 40.0 Å². The molecular weight excluding hydrogens is 278 g/mol. The molecule has 0 aromatic rings. The van der Waals surface area contributed by atoms with Crippen molar-refractivity contribution in [3.63, 3.8) is 0 Å². The smallest absolute Gasteiger partial charge is 0.194 e. The second kappa shape index (κ2) is 11.7. The minimum absolute atomic E-state index is 0.642. The number of aliphatic imine (C=N–C) groups is 1. The highest BCUT2D eigenvalue weighted by Gasteiger charge is 2.29. The molecule has 5 heteroatoms. The van der Waals surface area contributed by atoms with Gasteiger partial charge in [0.05, 0.1) is 26.4 Å². The number of nitrogens with zero attached hydrogens (tertiary/aromatic N) is 2. The Hall–Kier alpha value is -0.810. The molecule has 0 amide bonds. The lowest BCUT2D eigenvalue weighted by molar-refractivity contribution is 0.0747. The highest BCUT2D eigenvalue weighted by Crippen LogP contribution is 2.28. The lowest BCUT2D eigenvalue weighted by Crippen LogP contribution is -2.40. The second-order valence-electron chi connectivity index (χ2n) is 5.91. The van der Waals surface area contributed by atoms with Gasteiger partial charge in [-0.3, -0.25) is 4.99 Å². The summed E-state index contributed by atoms with van der Waals surface area (Å²) < 4.78 is 10.4. The van der Waals surface area contributed by atoms with E-state index in [-0.39, 0.29) is 0 Å². The third-order valence-electron chi connectivity index (χ3n) is 4.50. The van der Waals surface area contributed by atoms with Crippen molar-refractivity contribution in [3.05, 3.63) is 0 Å². The molecule has 1 atom stereocenters. The molecule has 1 unspecified atom stereocenters. The highest BCUT2D eigenvalue weighted by atomic mass is 16.5. The minimum atomic E-state index is 0.642. The summed E-state index contributed by atoms with van der Waals surface area (Å²) >= 11 is 0. The van der Waals surface area contributed by atoms with Crippen molar-refractivity contribution in [3.8, 4) is 0 Å². The van der Waals surface area contributed by atoms with E-state index >= 15 is 0 Å². The van der Waals surface area contributed by atoms with Crippen molar-refractivity contribution in [2.24, 2.45) is 16.8 Å². The molecule has 1 heterocycles. The number of guanidine groups is 1. The van der Waals surface area contributed by atoms with E-state index in [1.165, 1.54) is 19.3 Å². The van der Waals surface area contributed by atoms with Crippen molar-refractivity contribution in [1.29, 1.82) is 0 Å². The number of likely N-dealkylation sites (tertiary alicyclic amines) is 1. The molecule has 1 aliphatic heterocycles. The molecule has 0 bridgehead atoms. The molecule has 1 N–H and O–H groups in total. The Balaban J connectivity index is 2.42. The van der Waals surface area contributed by atoms with Crippen LogP contribution in [0.4, 0.5) is 0 Å². The maximum Gasteiger partial charge on any atom is 0.194 e. The largest absolute Gasteiger partial charge is 0.382 e. The molecule has 22 heavy (non-hydrogen) atoms. The van der Waals surface area contributed by atoms with E-state index in [4.69, 9.17) is 14.5 Å². The predicted octanol–water partition coefficient (Wildman–Crippen LogP) is 2.37.